The minimum Gasteiger partial charge on any atom is -0.465 e. The van der Waals surface area contributed by atoms with Crippen molar-refractivity contribution in [1.29, 1.82) is 0 Å². The highest BCUT2D eigenvalue weighted by atomic mass is 32.2. The van der Waals surface area contributed by atoms with Crippen molar-refractivity contribution < 1.29 is 22.7 Å². The van der Waals surface area contributed by atoms with Gasteiger partial charge in [0.25, 0.3) is 0 Å². The topological polar surface area (TPSA) is 105 Å². The molecular formula is C26H33N3O5S. The standard InChI is InChI=1S/C26H33N3O5S/c1-4-20-23(18-11-9-17(2)10-12-18)35(32,33)28-24(20)29-15-13-19(14-16-29)25(30)27-22-8-6-5-7-21(22)26(31)34-3/h5-12,19-20,23-24,28H,4,13-16H2,1-3H3,(H,27,30). The molecule has 0 aromatic heterocycles. The van der Waals surface area contributed by atoms with E-state index in [0.717, 1.165) is 17.5 Å². The van der Waals surface area contributed by atoms with E-state index in [4.69, 9.17) is 4.74 Å². The largest absolute Gasteiger partial charge is 0.465 e. The third-order valence-corrected chi connectivity index (χ3v) is 9.04. The molecule has 3 atom stereocenters. The van der Waals surface area contributed by atoms with E-state index < -0.39 is 21.2 Å². The van der Waals surface area contributed by atoms with Gasteiger partial charge in [0.2, 0.25) is 15.9 Å². The first-order valence-electron chi connectivity index (χ1n) is 12.0. The zero-order chi connectivity index (χ0) is 25.2. The molecule has 2 saturated heterocycles. The summed E-state index contributed by atoms with van der Waals surface area (Å²) >= 11 is 0. The van der Waals surface area contributed by atoms with Crippen LogP contribution in [0.4, 0.5) is 5.69 Å². The van der Waals surface area contributed by atoms with Crippen molar-refractivity contribution in [3.05, 3.63) is 65.2 Å². The summed E-state index contributed by atoms with van der Waals surface area (Å²) < 4.78 is 34.0. The Hall–Kier alpha value is -2.75. The minimum absolute atomic E-state index is 0.0833. The van der Waals surface area contributed by atoms with E-state index in [1.165, 1.54) is 7.11 Å². The van der Waals surface area contributed by atoms with Crippen LogP contribution in [0.2, 0.25) is 0 Å². The molecule has 2 aromatic carbocycles. The normalized spacial score (nSPS) is 24.7. The fourth-order valence-electron chi connectivity index (χ4n) is 5.24. The monoisotopic (exact) mass is 499 g/mol. The van der Waals surface area contributed by atoms with Gasteiger partial charge in [0.15, 0.2) is 0 Å². The molecule has 0 saturated carbocycles. The highest BCUT2D eigenvalue weighted by Crippen LogP contribution is 2.41. The third kappa shape index (κ3) is 5.27. The number of nitrogens with zero attached hydrogens (tertiary/aromatic N) is 1. The van der Waals surface area contributed by atoms with Crippen LogP contribution in [-0.4, -0.2) is 51.6 Å². The second-order valence-corrected chi connectivity index (χ2v) is 11.2. The number of para-hydroxylation sites is 1. The number of hydrogen-bond donors (Lipinski definition) is 2. The Labute approximate surface area is 207 Å². The quantitative estimate of drug-likeness (QED) is 0.590. The van der Waals surface area contributed by atoms with Crippen LogP contribution in [0.3, 0.4) is 0 Å². The van der Waals surface area contributed by atoms with E-state index in [-0.39, 0.29) is 23.9 Å². The Kier molecular flexibility index (Phi) is 7.59. The van der Waals surface area contributed by atoms with E-state index >= 15 is 0 Å². The molecule has 188 valence electrons. The van der Waals surface area contributed by atoms with E-state index in [0.29, 0.717) is 37.2 Å². The number of anilines is 1. The van der Waals surface area contributed by atoms with Crippen LogP contribution in [0.25, 0.3) is 0 Å². The maximum absolute atomic E-state index is 13.1. The van der Waals surface area contributed by atoms with Gasteiger partial charge in [-0.15, -0.1) is 0 Å². The van der Waals surface area contributed by atoms with Crippen molar-refractivity contribution in [2.75, 3.05) is 25.5 Å². The van der Waals surface area contributed by atoms with Gasteiger partial charge in [-0.3, -0.25) is 9.69 Å². The first kappa shape index (κ1) is 25.3. The Balaban J connectivity index is 1.43. The summed E-state index contributed by atoms with van der Waals surface area (Å²) in [6.07, 6.45) is 1.65. The lowest BCUT2D eigenvalue weighted by Gasteiger charge is -2.37. The van der Waals surface area contributed by atoms with Crippen molar-refractivity contribution in [2.45, 2.75) is 44.5 Å². The number of benzene rings is 2. The van der Waals surface area contributed by atoms with Gasteiger partial charge in [-0.2, -0.15) is 4.72 Å². The number of rotatable bonds is 6. The number of amides is 1. The fraction of sp³-hybridized carbons (Fsp3) is 0.462. The molecule has 2 aliphatic heterocycles. The third-order valence-electron chi connectivity index (χ3n) is 7.17. The Bertz CT molecular complexity index is 1170. The molecule has 2 fully saturated rings. The summed E-state index contributed by atoms with van der Waals surface area (Å²) in [5, 5.41) is 2.29. The van der Waals surface area contributed by atoms with Gasteiger partial charge in [-0.05, 0) is 43.9 Å². The molecule has 2 N–H and O–H groups in total. The second kappa shape index (κ2) is 10.5. The second-order valence-electron chi connectivity index (χ2n) is 9.35. The van der Waals surface area contributed by atoms with Crippen molar-refractivity contribution in [1.82, 2.24) is 9.62 Å². The van der Waals surface area contributed by atoms with Gasteiger partial charge in [-0.1, -0.05) is 48.9 Å². The molecule has 3 unspecified atom stereocenters. The molecule has 35 heavy (non-hydrogen) atoms. The molecule has 2 aromatic rings. The molecule has 2 aliphatic rings. The predicted molar refractivity (Wildman–Crippen MR) is 134 cm³/mol. The van der Waals surface area contributed by atoms with Crippen LogP contribution in [0.15, 0.2) is 48.5 Å². The maximum atomic E-state index is 13.1. The smallest absolute Gasteiger partial charge is 0.339 e. The summed E-state index contributed by atoms with van der Waals surface area (Å²) in [7, 11) is -2.21. The molecule has 4 rings (SSSR count). The number of ether oxygens (including phenoxy) is 1. The lowest BCUT2D eigenvalue weighted by molar-refractivity contribution is -0.121. The van der Waals surface area contributed by atoms with E-state index in [9.17, 15) is 18.0 Å². The van der Waals surface area contributed by atoms with Gasteiger partial charge in [0.1, 0.15) is 5.25 Å². The molecule has 8 nitrogen and oxygen atoms in total. The van der Waals surface area contributed by atoms with Crippen LogP contribution in [0.5, 0.6) is 0 Å². The zero-order valence-corrected chi connectivity index (χ0v) is 21.2. The van der Waals surface area contributed by atoms with Gasteiger partial charge in [0, 0.05) is 24.9 Å². The molecule has 9 heteroatoms. The average Bonchev–Trinajstić information content (AvgIpc) is 3.14. The van der Waals surface area contributed by atoms with Crippen LogP contribution in [-0.2, 0) is 19.6 Å². The summed E-state index contributed by atoms with van der Waals surface area (Å²) in [5.74, 6) is -0.946. The van der Waals surface area contributed by atoms with Crippen LogP contribution < -0.4 is 10.0 Å². The van der Waals surface area contributed by atoms with E-state index in [1.54, 1.807) is 24.3 Å². The summed E-state index contributed by atoms with van der Waals surface area (Å²) in [6.45, 7) is 5.24. The number of sulfonamides is 1. The first-order valence-corrected chi connectivity index (χ1v) is 13.6. The van der Waals surface area contributed by atoms with Crippen molar-refractivity contribution in [3.8, 4) is 0 Å². The predicted octanol–water partition coefficient (Wildman–Crippen LogP) is 3.46. The number of nitrogens with one attached hydrogen (secondary N) is 2. The summed E-state index contributed by atoms with van der Waals surface area (Å²) in [5.41, 5.74) is 2.66. The number of piperidine rings is 1. The molecule has 1 amide bonds. The van der Waals surface area contributed by atoms with E-state index in [1.807, 2.05) is 38.1 Å². The van der Waals surface area contributed by atoms with Gasteiger partial charge >= 0.3 is 5.97 Å². The van der Waals surface area contributed by atoms with E-state index in [2.05, 4.69) is 14.9 Å². The number of carbonyl (C=O) groups is 2. The van der Waals surface area contributed by atoms with Crippen molar-refractivity contribution in [2.24, 2.45) is 11.8 Å². The van der Waals surface area contributed by atoms with Crippen LogP contribution >= 0.6 is 0 Å². The minimum atomic E-state index is -3.51. The first-order chi connectivity index (χ1) is 16.7. The number of carbonyl (C=O) groups excluding carboxylic acids is 2. The molecular weight excluding hydrogens is 466 g/mol. The summed E-state index contributed by atoms with van der Waals surface area (Å²) in [4.78, 5) is 27.1. The molecule has 0 bridgehead atoms. The number of hydrogen-bond acceptors (Lipinski definition) is 6. The Morgan fingerprint density at radius 3 is 2.37 bits per heavy atom. The number of methoxy groups -OCH3 is 1. The van der Waals surface area contributed by atoms with Crippen molar-refractivity contribution in [3.63, 3.8) is 0 Å². The average molecular weight is 500 g/mol. The fourth-order valence-corrected chi connectivity index (χ4v) is 7.37. The number of likely N-dealkylation sites (tertiary alicyclic amines) is 1. The Morgan fingerprint density at radius 1 is 1.09 bits per heavy atom. The van der Waals surface area contributed by atoms with Gasteiger partial charge < -0.3 is 10.1 Å². The number of esters is 1. The summed E-state index contributed by atoms with van der Waals surface area (Å²) in [6, 6.07) is 14.5. The molecule has 0 spiro atoms. The lowest BCUT2D eigenvalue weighted by atomic mass is 9.90. The lowest BCUT2D eigenvalue weighted by Crippen LogP contribution is -2.50. The van der Waals surface area contributed by atoms with Gasteiger partial charge in [0.05, 0.1) is 24.5 Å². The molecule has 0 aliphatic carbocycles. The zero-order valence-electron chi connectivity index (χ0n) is 20.4. The molecule has 2 heterocycles. The van der Waals surface area contributed by atoms with Crippen LogP contribution in [0, 0.1) is 18.8 Å². The molecule has 0 radical (unpaired) electrons. The number of aryl methyl sites for hydroxylation is 1. The highest BCUT2D eigenvalue weighted by molar-refractivity contribution is 7.90. The van der Waals surface area contributed by atoms with Gasteiger partial charge in [-0.25, -0.2) is 13.2 Å². The Morgan fingerprint density at radius 2 is 1.74 bits per heavy atom. The SMILES string of the molecule is CCC1C(N2CCC(C(=O)Nc3ccccc3C(=O)OC)CC2)NS(=O)(=O)C1c1ccc(C)cc1. The van der Waals surface area contributed by atoms with Crippen molar-refractivity contribution >= 4 is 27.6 Å². The highest BCUT2D eigenvalue weighted by Gasteiger charge is 2.49. The maximum Gasteiger partial charge on any atom is 0.339 e. The van der Waals surface area contributed by atoms with Crippen LogP contribution in [0.1, 0.15) is 52.9 Å².